The zero-order valence-corrected chi connectivity index (χ0v) is 14.6. The molecule has 5 nitrogen and oxygen atoms in total. The van der Waals surface area contributed by atoms with Gasteiger partial charge in [-0.15, -0.1) is 0 Å². The second kappa shape index (κ2) is 7.73. The molecule has 2 heterocycles. The summed E-state index contributed by atoms with van der Waals surface area (Å²) in [6, 6.07) is 4.15. The highest BCUT2D eigenvalue weighted by Gasteiger charge is 2.32. The number of benzene rings is 1. The molecule has 0 spiro atoms. The lowest BCUT2D eigenvalue weighted by molar-refractivity contribution is -0.137. The minimum absolute atomic E-state index is 0.180. The highest BCUT2D eigenvalue weighted by Crippen LogP contribution is 2.34. The Kier molecular flexibility index (Phi) is 5.60. The molecule has 2 fully saturated rings. The van der Waals surface area contributed by atoms with E-state index in [1.54, 1.807) is 6.07 Å². The van der Waals surface area contributed by atoms with Crippen LogP contribution in [0.3, 0.4) is 0 Å². The van der Waals surface area contributed by atoms with E-state index < -0.39 is 17.8 Å². The van der Waals surface area contributed by atoms with Crippen LogP contribution < -0.4 is 10.2 Å². The van der Waals surface area contributed by atoms with Gasteiger partial charge in [-0.2, -0.15) is 13.2 Å². The molecule has 0 aromatic heterocycles. The zero-order chi connectivity index (χ0) is 18.7. The van der Waals surface area contributed by atoms with Crippen LogP contribution in [0.15, 0.2) is 18.2 Å². The molecule has 0 unspecified atom stereocenters. The van der Waals surface area contributed by atoms with Gasteiger partial charge in [-0.1, -0.05) is 6.07 Å². The third-order valence-electron chi connectivity index (χ3n) is 5.21. The van der Waals surface area contributed by atoms with E-state index in [0.29, 0.717) is 38.2 Å². The number of piperidine rings is 1. The molecule has 1 aromatic rings. The van der Waals surface area contributed by atoms with Crippen molar-refractivity contribution < 1.29 is 23.1 Å². The van der Waals surface area contributed by atoms with Crippen LogP contribution in [0.5, 0.6) is 0 Å². The summed E-state index contributed by atoms with van der Waals surface area (Å²) >= 11 is 0. The molecule has 2 aliphatic rings. The molecule has 1 amide bonds. The molecule has 2 N–H and O–H groups in total. The Morgan fingerprint density at radius 2 is 1.81 bits per heavy atom. The van der Waals surface area contributed by atoms with Gasteiger partial charge in [-0.3, -0.25) is 0 Å². The predicted molar refractivity (Wildman–Crippen MR) is 92.4 cm³/mol. The Labute approximate surface area is 150 Å². The van der Waals surface area contributed by atoms with Crippen LogP contribution in [-0.4, -0.2) is 48.3 Å². The number of amides is 1. The van der Waals surface area contributed by atoms with Gasteiger partial charge in [-0.25, -0.2) is 4.79 Å². The number of nitrogens with one attached hydrogen (secondary N) is 1. The van der Waals surface area contributed by atoms with Crippen LogP contribution in [0.1, 0.15) is 36.8 Å². The number of rotatable bonds is 4. The molecule has 144 valence electrons. The van der Waals surface area contributed by atoms with Crippen LogP contribution in [0.25, 0.3) is 0 Å². The van der Waals surface area contributed by atoms with Gasteiger partial charge >= 0.3 is 12.3 Å². The van der Waals surface area contributed by atoms with Gasteiger partial charge in [0.05, 0.1) is 5.56 Å². The molecule has 0 bridgehead atoms. The Bertz CT molecular complexity index is 637. The summed E-state index contributed by atoms with van der Waals surface area (Å²) in [6.45, 7) is 3.02. The molecule has 1 aromatic carbocycles. The van der Waals surface area contributed by atoms with Crippen molar-refractivity contribution >= 4 is 11.8 Å². The van der Waals surface area contributed by atoms with E-state index in [1.807, 2.05) is 4.90 Å². The molecule has 26 heavy (non-hydrogen) atoms. The summed E-state index contributed by atoms with van der Waals surface area (Å²) < 4.78 is 39.2. The van der Waals surface area contributed by atoms with Crippen molar-refractivity contribution in [2.75, 3.05) is 31.1 Å². The summed E-state index contributed by atoms with van der Waals surface area (Å²) in [5.41, 5.74) is 0.909. The second-order valence-electron chi connectivity index (χ2n) is 6.96. The van der Waals surface area contributed by atoms with E-state index in [2.05, 4.69) is 5.32 Å². The van der Waals surface area contributed by atoms with E-state index in [-0.39, 0.29) is 6.04 Å². The van der Waals surface area contributed by atoms with Gasteiger partial charge in [0.2, 0.25) is 0 Å². The normalized spacial score (nSPS) is 19.2. The molecule has 3 rings (SSSR count). The highest BCUT2D eigenvalue weighted by molar-refractivity contribution is 5.65. The fourth-order valence-electron chi connectivity index (χ4n) is 3.67. The monoisotopic (exact) mass is 371 g/mol. The van der Waals surface area contributed by atoms with Gasteiger partial charge in [0.1, 0.15) is 0 Å². The summed E-state index contributed by atoms with van der Waals surface area (Å²) in [5, 5.41) is 12.4. The van der Waals surface area contributed by atoms with E-state index in [9.17, 15) is 18.0 Å². The van der Waals surface area contributed by atoms with Crippen LogP contribution >= 0.6 is 0 Å². The molecule has 2 saturated heterocycles. The summed E-state index contributed by atoms with van der Waals surface area (Å²) in [5.74, 6) is 0. The first-order valence-electron chi connectivity index (χ1n) is 9.01. The lowest BCUT2D eigenvalue weighted by Gasteiger charge is -2.31. The smallest absolute Gasteiger partial charge is 0.416 e. The zero-order valence-electron chi connectivity index (χ0n) is 14.6. The largest absolute Gasteiger partial charge is 0.465 e. The number of anilines is 1. The number of nitrogens with zero attached hydrogens (tertiary/aromatic N) is 2. The number of carbonyl (C=O) groups is 1. The molecular weight excluding hydrogens is 347 g/mol. The third kappa shape index (κ3) is 4.41. The number of hydrogen-bond acceptors (Lipinski definition) is 3. The average molecular weight is 371 g/mol. The lowest BCUT2D eigenvalue weighted by Crippen LogP contribution is -2.44. The van der Waals surface area contributed by atoms with Gasteiger partial charge in [-0.05, 0) is 43.4 Å². The quantitative estimate of drug-likeness (QED) is 0.850. The van der Waals surface area contributed by atoms with Gasteiger partial charge in [0.15, 0.2) is 0 Å². The molecule has 2 aliphatic heterocycles. The number of hydrogen-bond donors (Lipinski definition) is 2. The number of likely N-dealkylation sites (tertiary alicyclic amines) is 1. The Balaban J connectivity index is 1.68. The summed E-state index contributed by atoms with van der Waals surface area (Å²) in [4.78, 5) is 14.4. The first-order valence-corrected chi connectivity index (χ1v) is 9.01. The highest BCUT2D eigenvalue weighted by atomic mass is 19.4. The molecule has 0 atom stereocenters. The summed E-state index contributed by atoms with van der Waals surface area (Å²) in [7, 11) is 0. The fourth-order valence-corrected chi connectivity index (χ4v) is 3.67. The summed E-state index contributed by atoms with van der Waals surface area (Å²) in [6.07, 6.45) is -1.82. The van der Waals surface area contributed by atoms with Crippen LogP contribution in [0, 0.1) is 0 Å². The first-order chi connectivity index (χ1) is 12.3. The van der Waals surface area contributed by atoms with Gasteiger partial charge in [0.25, 0.3) is 0 Å². The SMILES string of the molecule is O=C(O)N1CCC(NCc2ccc(C(F)(F)F)cc2N2CCCC2)CC1. The Morgan fingerprint density at radius 1 is 1.15 bits per heavy atom. The molecule has 8 heteroatoms. The predicted octanol–water partition coefficient (Wildman–Crippen LogP) is 3.54. The molecule has 0 saturated carbocycles. The van der Waals surface area contributed by atoms with Crippen molar-refractivity contribution in [3.63, 3.8) is 0 Å². The van der Waals surface area contributed by atoms with E-state index in [0.717, 1.165) is 37.6 Å². The van der Waals surface area contributed by atoms with Gasteiger partial charge < -0.3 is 20.2 Å². The van der Waals surface area contributed by atoms with Crippen LogP contribution in [0.2, 0.25) is 0 Å². The lowest BCUT2D eigenvalue weighted by atomic mass is 10.0. The maximum atomic E-state index is 13.1. The number of alkyl halides is 3. The molecular formula is C18H24F3N3O2. The van der Waals surface area contributed by atoms with E-state index in [1.165, 1.54) is 11.0 Å². The minimum atomic E-state index is -4.34. The molecule has 0 aliphatic carbocycles. The van der Waals surface area contributed by atoms with E-state index in [4.69, 9.17) is 5.11 Å². The Morgan fingerprint density at radius 3 is 2.38 bits per heavy atom. The maximum absolute atomic E-state index is 13.1. The second-order valence-corrected chi connectivity index (χ2v) is 6.96. The average Bonchev–Trinajstić information content (AvgIpc) is 3.14. The Hall–Kier alpha value is -1.96. The van der Waals surface area contributed by atoms with Gasteiger partial charge in [0, 0.05) is 44.5 Å². The molecule has 0 radical (unpaired) electrons. The standard InChI is InChI=1S/C18H24F3N3O2/c19-18(20,21)14-4-3-13(16(11-14)23-7-1-2-8-23)12-22-15-5-9-24(10-6-15)17(25)26/h3-4,11,15,22H,1-2,5-10,12H2,(H,25,26). The van der Waals surface area contributed by atoms with Crippen molar-refractivity contribution in [1.29, 1.82) is 0 Å². The van der Waals surface area contributed by atoms with Crippen molar-refractivity contribution in [2.45, 2.75) is 44.4 Å². The topological polar surface area (TPSA) is 55.8 Å². The third-order valence-corrected chi connectivity index (χ3v) is 5.21. The fraction of sp³-hybridized carbons (Fsp3) is 0.611. The maximum Gasteiger partial charge on any atom is 0.416 e. The van der Waals surface area contributed by atoms with Crippen molar-refractivity contribution in [3.8, 4) is 0 Å². The van der Waals surface area contributed by atoms with Crippen LogP contribution in [0.4, 0.5) is 23.7 Å². The van der Waals surface area contributed by atoms with Crippen molar-refractivity contribution in [1.82, 2.24) is 10.2 Å². The minimum Gasteiger partial charge on any atom is -0.465 e. The van der Waals surface area contributed by atoms with Crippen LogP contribution in [-0.2, 0) is 12.7 Å². The first kappa shape index (κ1) is 18.8. The van der Waals surface area contributed by atoms with Crippen molar-refractivity contribution in [2.24, 2.45) is 0 Å². The number of carboxylic acid groups (broad SMARTS) is 1. The van der Waals surface area contributed by atoms with Crippen molar-refractivity contribution in [3.05, 3.63) is 29.3 Å². The number of halogens is 3. The van der Waals surface area contributed by atoms with E-state index >= 15 is 0 Å².